The molecule has 0 unspecified atom stereocenters. The third-order valence-electron chi connectivity index (χ3n) is 4.01. The van der Waals surface area contributed by atoms with Gasteiger partial charge >= 0.3 is 0 Å². The molecule has 6 nitrogen and oxygen atoms in total. The summed E-state index contributed by atoms with van der Waals surface area (Å²) in [5.41, 5.74) is 0.344. The molecule has 1 aromatic carbocycles. The molecule has 142 valence electrons. The SMILES string of the molecule is N#CCCN(CCN1CCOCC1)CC(=O)Nc1c(Cl)cc(Cl)cc1Cl. The molecule has 1 aromatic rings. The van der Waals surface area contributed by atoms with Crippen LogP contribution in [-0.4, -0.2) is 68.2 Å². The van der Waals surface area contributed by atoms with Crippen LogP contribution in [0.4, 0.5) is 5.69 Å². The van der Waals surface area contributed by atoms with Crippen LogP contribution in [0.5, 0.6) is 0 Å². The van der Waals surface area contributed by atoms with Gasteiger partial charge in [-0.1, -0.05) is 34.8 Å². The Morgan fingerprint density at radius 2 is 1.88 bits per heavy atom. The van der Waals surface area contributed by atoms with Crippen LogP contribution in [0.3, 0.4) is 0 Å². The van der Waals surface area contributed by atoms with Crippen molar-refractivity contribution in [2.45, 2.75) is 6.42 Å². The van der Waals surface area contributed by atoms with Crippen LogP contribution in [0.25, 0.3) is 0 Å². The molecule has 1 saturated heterocycles. The van der Waals surface area contributed by atoms with E-state index in [1.165, 1.54) is 12.1 Å². The first-order valence-electron chi connectivity index (χ1n) is 8.33. The van der Waals surface area contributed by atoms with Crippen LogP contribution in [0.2, 0.25) is 15.1 Å². The number of carbonyl (C=O) groups is 1. The van der Waals surface area contributed by atoms with Crippen molar-refractivity contribution in [3.8, 4) is 6.07 Å². The highest BCUT2D eigenvalue weighted by molar-refractivity contribution is 6.42. The van der Waals surface area contributed by atoms with Gasteiger partial charge in [0.1, 0.15) is 0 Å². The van der Waals surface area contributed by atoms with Gasteiger partial charge in [-0.3, -0.25) is 14.6 Å². The number of hydrogen-bond donors (Lipinski definition) is 1. The molecule has 0 saturated carbocycles. The maximum absolute atomic E-state index is 12.4. The summed E-state index contributed by atoms with van der Waals surface area (Å²) in [6.45, 7) is 5.42. The lowest BCUT2D eigenvalue weighted by Crippen LogP contribution is -2.43. The number of halogens is 3. The largest absolute Gasteiger partial charge is 0.379 e. The maximum Gasteiger partial charge on any atom is 0.238 e. The molecular weight excluding hydrogens is 399 g/mol. The first-order valence-corrected chi connectivity index (χ1v) is 9.47. The van der Waals surface area contributed by atoms with Gasteiger partial charge in [0.25, 0.3) is 0 Å². The first kappa shape index (κ1) is 21.2. The summed E-state index contributed by atoms with van der Waals surface area (Å²) in [7, 11) is 0. The molecule has 1 fully saturated rings. The Balaban J connectivity index is 1.91. The molecule has 0 bridgehead atoms. The number of morpholine rings is 1. The Morgan fingerprint density at radius 3 is 2.50 bits per heavy atom. The van der Waals surface area contributed by atoms with Crippen LogP contribution >= 0.6 is 34.8 Å². The summed E-state index contributed by atoms with van der Waals surface area (Å²) < 4.78 is 5.34. The summed E-state index contributed by atoms with van der Waals surface area (Å²) in [4.78, 5) is 16.6. The zero-order chi connectivity index (χ0) is 18.9. The van der Waals surface area contributed by atoms with Gasteiger partial charge in [-0.2, -0.15) is 5.26 Å². The number of ether oxygens (including phenoxy) is 1. The quantitative estimate of drug-likeness (QED) is 0.701. The molecule has 2 rings (SSSR count). The number of amides is 1. The minimum Gasteiger partial charge on any atom is -0.379 e. The van der Waals surface area contributed by atoms with E-state index in [4.69, 9.17) is 44.8 Å². The van der Waals surface area contributed by atoms with Gasteiger partial charge in [0.15, 0.2) is 0 Å². The molecule has 0 aliphatic carbocycles. The second-order valence-electron chi connectivity index (χ2n) is 5.93. The van der Waals surface area contributed by atoms with E-state index in [0.717, 1.165) is 32.8 Å². The van der Waals surface area contributed by atoms with Gasteiger partial charge in [-0.05, 0) is 12.1 Å². The summed E-state index contributed by atoms with van der Waals surface area (Å²) in [5, 5.41) is 12.6. The van der Waals surface area contributed by atoms with Crippen molar-refractivity contribution in [3.05, 3.63) is 27.2 Å². The highest BCUT2D eigenvalue weighted by Gasteiger charge is 2.17. The molecule has 1 amide bonds. The summed E-state index contributed by atoms with van der Waals surface area (Å²) in [6.07, 6.45) is 0.360. The van der Waals surface area contributed by atoms with E-state index < -0.39 is 0 Å². The van der Waals surface area contributed by atoms with E-state index in [9.17, 15) is 4.79 Å². The third kappa shape index (κ3) is 6.92. The van der Waals surface area contributed by atoms with Gasteiger partial charge in [-0.25, -0.2) is 0 Å². The Bertz CT molecular complexity index is 637. The molecule has 1 aliphatic rings. The topological polar surface area (TPSA) is 68.6 Å². The number of carbonyl (C=O) groups excluding carboxylic acids is 1. The molecule has 1 aliphatic heterocycles. The van der Waals surface area contributed by atoms with Crippen molar-refractivity contribution in [1.29, 1.82) is 5.26 Å². The van der Waals surface area contributed by atoms with Gasteiger partial charge in [-0.15, -0.1) is 0 Å². The fraction of sp³-hybridized carbons (Fsp3) is 0.529. The monoisotopic (exact) mass is 418 g/mol. The number of nitriles is 1. The zero-order valence-corrected chi connectivity index (χ0v) is 16.6. The molecule has 0 spiro atoms. The van der Waals surface area contributed by atoms with E-state index in [0.29, 0.717) is 30.2 Å². The molecule has 1 heterocycles. The number of nitrogens with zero attached hydrogens (tertiary/aromatic N) is 3. The lowest BCUT2D eigenvalue weighted by molar-refractivity contribution is -0.117. The number of nitrogens with one attached hydrogen (secondary N) is 1. The molecule has 26 heavy (non-hydrogen) atoms. The first-order chi connectivity index (χ1) is 12.5. The van der Waals surface area contributed by atoms with E-state index in [1.54, 1.807) is 0 Å². The standard InChI is InChI=1S/C17H21Cl3N4O2/c18-13-10-14(19)17(15(20)11-13)22-16(25)12-24(3-1-2-21)5-4-23-6-8-26-9-7-23/h10-11H,1,3-9,12H2,(H,22,25). The van der Waals surface area contributed by atoms with Gasteiger partial charge in [0, 0.05) is 44.2 Å². The molecule has 0 radical (unpaired) electrons. The Morgan fingerprint density at radius 1 is 1.23 bits per heavy atom. The van der Waals surface area contributed by atoms with Crippen LogP contribution in [0.1, 0.15) is 6.42 Å². The van der Waals surface area contributed by atoms with Crippen molar-refractivity contribution in [2.24, 2.45) is 0 Å². The molecule has 0 aromatic heterocycles. The maximum atomic E-state index is 12.4. The average Bonchev–Trinajstić information content (AvgIpc) is 2.61. The second-order valence-corrected chi connectivity index (χ2v) is 7.18. The second kappa shape index (κ2) is 10.9. The van der Waals surface area contributed by atoms with Crippen LogP contribution in [0.15, 0.2) is 12.1 Å². The van der Waals surface area contributed by atoms with Crippen molar-refractivity contribution in [1.82, 2.24) is 9.80 Å². The minimum atomic E-state index is -0.240. The Hall–Kier alpha value is -1.07. The minimum absolute atomic E-state index is 0.154. The Kier molecular flexibility index (Phi) is 8.93. The lowest BCUT2D eigenvalue weighted by atomic mass is 10.3. The number of rotatable bonds is 8. The predicted octanol–water partition coefficient (Wildman–Crippen LogP) is 3.13. The average molecular weight is 420 g/mol. The van der Waals surface area contributed by atoms with Crippen molar-refractivity contribution >= 4 is 46.4 Å². The molecular formula is C17H21Cl3N4O2. The summed E-state index contributed by atoms with van der Waals surface area (Å²) in [5.74, 6) is -0.240. The van der Waals surface area contributed by atoms with Crippen LogP contribution in [-0.2, 0) is 9.53 Å². The lowest BCUT2D eigenvalue weighted by Gasteiger charge is -2.29. The van der Waals surface area contributed by atoms with Crippen molar-refractivity contribution in [3.63, 3.8) is 0 Å². The van der Waals surface area contributed by atoms with Crippen LogP contribution in [0, 0.1) is 11.3 Å². The van der Waals surface area contributed by atoms with Gasteiger partial charge < -0.3 is 10.1 Å². The third-order valence-corrected chi connectivity index (χ3v) is 4.83. The fourth-order valence-electron chi connectivity index (χ4n) is 2.63. The van der Waals surface area contributed by atoms with Crippen molar-refractivity contribution in [2.75, 3.05) is 57.8 Å². The van der Waals surface area contributed by atoms with E-state index in [2.05, 4.69) is 16.3 Å². The Labute approximate surface area is 168 Å². The highest BCUT2D eigenvalue weighted by Crippen LogP contribution is 2.33. The number of benzene rings is 1. The molecule has 9 heteroatoms. The zero-order valence-electron chi connectivity index (χ0n) is 14.3. The van der Waals surface area contributed by atoms with E-state index >= 15 is 0 Å². The number of hydrogen-bond acceptors (Lipinski definition) is 5. The molecule has 1 N–H and O–H groups in total. The number of anilines is 1. The normalized spacial score (nSPS) is 15.0. The smallest absolute Gasteiger partial charge is 0.238 e. The summed E-state index contributed by atoms with van der Waals surface area (Å²) >= 11 is 18.1. The highest BCUT2D eigenvalue weighted by atomic mass is 35.5. The summed E-state index contributed by atoms with van der Waals surface area (Å²) in [6, 6.07) is 5.17. The van der Waals surface area contributed by atoms with Gasteiger partial charge in [0.2, 0.25) is 5.91 Å². The van der Waals surface area contributed by atoms with Gasteiger partial charge in [0.05, 0.1) is 41.6 Å². The van der Waals surface area contributed by atoms with Crippen LogP contribution < -0.4 is 5.32 Å². The molecule has 0 atom stereocenters. The van der Waals surface area contributed by atoms with E-state index in [-0.39, 0.29) is 22.5 Å². The van der Waals surface area contributed by atoms with E-state index in [1.807, 2.05) is 4.90 Å². The predicted molar refractivity (Wildman–Crippen MR) is 104 cm³/mol. The fourth-order valence-corrected chi connectivity index (χ4v) is 3.54. The van der Waals surface area contributed by atoms with Crippen molar-refractivity contribution < 1.29 is 9.53 Å².